The number of carbonyl (C=O) groups excluding carboxylic acids is 1. The number of nitrogens with zero attached hydrogens (tertiary/aromatic N) is 3. The van der Waals surface area contributed by atoms with E-state index in [2.05, 4.69) is 9.88 Å². The van der Waals surface area contributed by atoms with Crippen molar-refractivity contribution in [1.82, 2.24) is 9.88 Å². The lowest BCUT2D eigenvalue weighted by Gasteiger charge is -2.24. The highest BCUT2D eigenvalue weighted by molar-refractivity contribution is 7.91. The van der Waals surface area contributed by atoms with Crippen molar-refractivity contribution in [3.8, 4) is 5.75 Å². The standard InChI is InChI=1S/C23H28FN3O4S2/c1-4-26(5-2)14-15-27(23-25-22-19(31-3)7-6-8-20(22)32-23)21(28)13-16-33(29,30)18-11-9-17(24)10-12-18/h6-12H,4-5,13-16H2,1-3H3. The van der Waals surface area contributed by atoms with Crippen LogP contribution in [0.1, 0.15) is 20.3 Å². The third kappa shape index (κ3) is 6.07. The number of ether oxygens (including phenoxy) is 1. The molecule has 1 heterocycles. The Labute approximate surface area is 197 Å². The average molecular weight is 494 g/mol. The Morgan fingerprint density at radius 1 is 1.09 bits per heavy atom. The fourth-order valence-electron chi connectivity index (χ4n) is 3.42. The number of benzene rings is 2. The largest absolute Gasteiger partial charge is 0.494 e. The molecule has 0 aliphatic heterocycles. The molecule has 3 aromatic rings. The van der Waals surface area contributed by atoms with E-state index in [4.69, 9.17) is 4.74 Å². The van der Waals surface area contributed by atoms with E-state index in [1.54, 1.807) is 12.0 Å². The number of carbonyl (C=O) groups is 1. The van der Waals surface area contributed by atoms with Gasteiger partial charge < -0.3 is 9.64 Å². The number of likely N-dealkylation sites (N-methyl/N-ethyl adjacent to an activating group) is 1. The van der Waals surface area contributed by atoms with E-state index in [9.17, 15) is 17.6 Å². The number of rotatable bonds is 11. The summed E-state index contributed by atoms with van der Waals surface area (Å²) in [6.45, 7) is 6.80. The quantitative estimate of drug-likeness (QED) is 0.376. The number of anilines is 1. The van der Waals surface area contributed by atoms with E-state index >= 15 is 0 Å². The molecule has 0 saturated heterocycles. The van der Waals surface area contributed by atoms with Gasteiger partial charge in [-0.25, -0.2) is 17.8 Å². The highest BCUT2D eigenvalue weighted by Gasteiger charge is 2.24. The minimum atomic E-state index is -3.73. The zero-order valence-corrected chi connectivity index (χ0v) is 20.6. The van der Waals surface area contributed by atoms with Crippen LogP contribution in [0.5, 0.6) is 5.75 Å². The molecule has 0 N–H and O–H groups in total. The van der Waals surface area contributed by atoms with Gasteiger partial charge in [0.15, 0.2) is 15.0 Å². The van der Waals surface area contributed by atoms with Gasteiger partial charge in [-0.2, -0.15) is 0 Å². The monoisotopic (exact) mass is 493 g/mol. The van der Waals surface area contributed by atoms with Crippen molar-refractivity contribution in [2.75, 3.05) is 43.9 Å². The van der Waals surface area contributed by atoms with Gasteiger partial charge >= 0.3 is 0 Å². The Hall–Kier alpha value is -2.56. The summed E-state index contributed by atoms with van der Waals surface area (Å²) in [4.78, 5) is 21.6. The normalized spacial score (nSPS) is 11.8. The van der Waals surface area contributed by atoms with E-state index in [-0.39, 0.29) is 23.0 Å². The fraction of sp³-hybridized carbons (Fsp3) is 0.391. The van der Waals surface area contributed by atoms with Gasteiger partial charge in [0.2, 0.25) is 5.91 Å². The molecule has 1 aromatic heterocycles. The van der Waals surface area contributed by atoms with Crippen molar-refractivity contribution < 1.29 is 22.3 Å². The number of para-hydroxylation sites is 1. The first kappa shape index (κ1) is 25.1. The van der Waals surface area contributed by atoms with Gasteiger partial charge in [0.25, 0.3) is 0 Å². The maximum atomic E-state index is 13.2. The number of methoxy groups -OCH3 is 1. The molecule has 0 radical (unpaired) electrons. The highest BCUT2D eigenvalue weighted by Crippen LogP contribution is 2.34. The van der Waals surface area contributed by atoms with Crippen LogP contribution in [0.2, 0.25) is 0 Å². The molecule has 7 nitrogen and oxygen atoms in total. The molecule has 0 fully saturated rings. The number of sulfone groups is 1. The number of hydrogen-bond acceptors (Lipinski definition) is 7. The van der Waals surface area contributed by atoms with Gasteiger partial charge in [-0.3, -0.25) is 9.69 Å². The minimum absolute atomic E-state index is 0.00360. The fourth-order valence-corrected chi connectivity index (χ4v) is 5.67. The van der Waals surface area contributed by atoms with Gasteiger partial charge in [-0.05, 0) is 49.5 Å². The van der Waals surface area contributed by atoms with Crippen LogP contribution in [0.3, 0.4) is 0 Å². The van der Waals surface area contributed by atoms with Crippen molar-refractivity contribution in [2.24, 2.45) is 0 Å². The van der Waals surface area contributed by atoms with Gasteiger partial charge in [0.05, 0.1) is 22.5 Å². The molecular weight excluding hydrogens is 465 g/mol. The second kappa shape index (κ2) is 11.0. The third-order valence-corrected chi connectivity index (χ3v) is 8.19. The Morgan fingerprint density at radius 3 is 2.42 bits per heavy atom. The van der Waals surface area contributed by atoms with Crippen molar-refractivity contribution in [2.45, 2.75) is 25.2 Å². The van der Waals surface area contributed by atoms with E-state index < -0.39 is 15.7 Å². The van der Waals surface area contributed by atoms with E-state index in [0.29, 0.717) is 29.5 Å². The first-order valence-electron chi connectivity index (χ1n) is 10.7. The number of aromatic nitrogens is 1. The minimum Gasteiger partial charge on any atom is -0.494 e. The van der Waals surface area contributed by atoms with E-state index in [1.807, 2.05) is 32.0 Å². The van der Waals surface area contributed by atoms with Crippen molar-refractivity contribution in [3.63, 3.8) is 0 Å². The second-order valence-electron chi connectivity index (χ2n) is 7.40. The van der Waals surface area contributed by atoms with Crippen LogP contribution < -0.4 is 9.64 Å². The first-order chi connectivity index (χ1) is 15.8. The molecular formula is C23H28FN3O4S2. The molecule has 0 atom stereocenters. The van der Waals surface area contributed by atoms with Crippen LogP contribution in [0.15, 0.2) is 47.4 Å². The summed E-state index contributed by atoms with van der Waals surface area (Å²) < 4.78 is 44.7. The molecule has 0 unspecified atom stereocenters. The van der Waals surface area contributed by atoms with Gasteiger partial charge in [0, 0.05) is 19.5 Å². The van der Waals surface area contributed by atoms with Crippen molar-refractivity contribution in [3.05, 3.63) is 48.3 Å². The Kier molecular flexibility index (Phi) is 8.39. The molecule has 178 valence electrons. The maximum Gasteiger partial charge on any atom is 0.229 e. The van der Waals surface area contributed by atoms with Crippen LogP contribution in [0, 0.1) is 5.82 Å². The van der Waals surface area contributed by atoms with Crippen LogP contribution in [0.4, 0.5) is 9.52 Å². The van der Waals surface area contributed by atoms with Crippen molar-refractivity contribution in [1.29, 1.82) is 0 Å². The summed E-state index contributed by atoms with van der Waals surface area (Å²) in [5, 5.41) is 0.505. The highest BCUT2D eigenvalue weighted by atomic mass is 32.2. The Bertz CT molecular complexity index is 1190. The summed E-state index contributed by atoms with van der Waals surface area (Å²) in [5.41, 5.74) is 0.666. The van der Waals surface area contributed by atoms with E-state index in [1.165, 1.54) is 23.5 Å². The maximum absolute atomic E-state index is 13.2. The summed E-state index contributed by atoms with van der Waals surface area (Å²) in [6, 6.07) is 10.2. The Morgan fingerprint density at radius 2 is 1.79 bits per heavy atom. The molecule has 0 aliphatic rings. The Balaban J connectivity index is 1.84. The SMILES string of the molecule is CCN(CC)CCN(C(=O)CCS(=O)(=O)c1ccc(F)cc1)c1nc2c(OC)cccc2s1. The first-order valence-corrected chi connectivity index (χ1v) is 13.2. The number of thiazole rings is 1. The summed E-state index contributed by atoms with van der Waals surface area (Å²) >= 11 is 1.37. The summed E-state index contributed by atoms with van der Waals surface area (Å²) in [7, 11) is -2.16. The molecule has 33 heavy (non-hydrogen) atoms. The zero-order chi connectivity index (χ0) is 24.0. The van der Waals surface area contributed by atoms with Crippen LogP contribution >= 0.6 is 11.3 Å². The number of hydrogen-bond donors (Lipinski definition) is 0. The smallest absolute Gasteiger partial charge is 0.229 e. The molecule has 0 saturated carbocycles. The lowest BCUT2D eigenvalue weighted by atomic mass is 10.3. The molecule has 2 aromatic carbocycles. The van der Waals surface area contributed by atoms with Crippen LogP contribution in [-0.4, -0.2) is 63.3 Å². The molecule has 3 rings (SSSR count). The predicted molar refractivity (Wildman–Crippen MR) is 129 cm³/mol. The van der Waals surface area contributed by atoms with Gasteiger partial charge in [-0.15, -0.1) is 0 Å². The topological polar surface area (TPSA) is 79.8 Å². The number of halogens is 1. The molecule has 10 heteroatoms. The average Bonchev–Trinajstić information content (AvgIpc) is 3.24. The third-order valence-electron chi connectivity index (χ3n) is 5.41. The summed E-state index contributed by atoms with van der Waals surface area (Å²) in [5.74, 6) is -0.595. The predicted octanol–water partition coefficient (Wildman–Crippen LogP) is 3.98. The van der Waals surface area contributed by atoms with Crippen LogP contribution in [-0.2, 0) is 14.6 Å². The van der Waals surface area contributed by atoms with Crippen LogP contribution in [0.25, 0.3) is 10.2 Å². The second-order valence-corrected chi connectivity index (χ2v) is 10.5. The lowest BCUT2D eigenvalue weighted by Crippen LogP contribution is -2.39. The molecule has 0 aliphatic carbocycles. The number of fused-ring (bicyclic) bond motifs is 1. The zero-order valence-electron chi connectivity index (χ0n) is 19.0. The summed E-state index contributed by atoms with van der Waals surface area (Å²) in [6.07, 6.45) is -0.203. The molecule has 0 bridgehead atoms. The van der Waals surface area contributed by atoms with Crippen molar-refractivity contribution >= 4 is 42.4 Å². The molecule has 1 amide bonds. The van der Waals surface area contributed by atoms with Gasteiger partial charge in [0.1, 0.15) is 17.1 Å². The number of amides is 1. The lowest BCUT2D eigenvalue weighted by molar-refractivity contribution is -0.118. The van der Waals surface area contributed by atoms with Gasteiger partial charge in [-0.1, -0.05) is 31.3 Å². The molecule has 0 spiro atoms. The van der Waals surface area contributed by atoms with E-state index in [0.717, 1.165) is 29.9 Å².